The summed E-state index contributed by atoms with van der Waals surface area (Å²) < 4.78 is 0.891. The Morgan fingerprint density at radius 3 is 2.84 bits per heavy atom. The van der Waals surface area contributed by atoms with Gasteiger partial charge in [0, 0.05) is 10.9 Å². The molecule has 0 aliphatic rings. The van der Waals surface area contributed by atoms with E-state index in [0.717, 1.165) is 23.7 Å². The molecule has 0 fully saturated rings. The Morgan fingerprint density at radius 2 is 2.21 bits per heavy atom. The lowest BCUT2D eigenvalue weighted by molar-refractivity contribution is -0.116. The highest BCUT2D eigenvalue weighted by atomic mass is 79.9. The van der Waals surface area contributed by atoms with Crippen LogP contribution >= 0.6 is 27.5 Å². The minimum Gasteiger partial charge on any atom is -0.330 e. The fourth-order valence-electron chi connectivity index (χ4n) is 1.93. The van der Waals surface area contributed by atoms with Gasteiger partial charge in [0.15, 0.2) is 0 Å². The van der Waals surface area contributed by atoms with Crippen molar-refractivity contribution in [1.29, 1.82) is 0 Å². The molecule has 1 aromatic rings. The predicted octanol–water partition coefficient (Wildman–Crippen LogP) is 4.20. The molecule has 0 spiro atoms. The fraction of sp³-hybridized carbons (Fsp3) is 0.500. The molecule has 0 radical (unpaired) electrons. The maximum atomic E-state index is 11.9. The molecule has 1 aromatic carbocycles. The summed E-state index contributed by atoms with van der Waals surface area (Å²) in [6.45, 7) is 2.81. The molecule has 19 heavy (non-hydrogen) atoms. The number of carbonyl (C=O) groups excluding carboxylic acids is 1. The second-order valence-electron chi connectivity index (χ2n) is 4.56. The van der Waals surface area contributed by atoms with Crippen molar-refractivity contribution in [1.82, 2.24) is 0 Å². The van der Waals surface area contributed by atoms with Gasteiger partial charge in [0.2, 0.25) is 5.91 Å². The molecule has 0 saturated heterocycles. The summed E-state index contributed by atoms with van der Waals surface area (Å²) in [7, 11) is 0. The summed E-state index contributed by atoms with van der Waals surface area (Å²) in [4.78, 5) is 11.9. The van der Waals surface area contributed by atoms with E-state index in [1.54, 1.807) is 12.1 Å². The Hall–Kier alpha value is -0.580. The zero-order valence-electron chi connectivity index (χ0n) is 11.1. The highest BCUT2D eigenvalue weighted by Crippen LogP contribution is 2.26. The second-order valence-corrected chi connectivity index (χ2v) is 5.89. The summed E-state index contributed by atoms with van der Waals surface area (Å²) in [5.74, 6) is 0.518. The lowest BCUT2D eigenvalue weighted by Gasteiger charge is -2.13. The van der Waals surface area contributed by atoms with E-state index >= 15 is 0 Å². The maximum absolute atomic E-state index is 11.9. The van der Waals surface area contributed by atoms with Crippen LogP contribution in [-0.2, 0) is 4.79 Å². The first kappa shape index (κ1) is 16.5. The average molecular weight is 348 g/mol. The van der Waals surface area contributed by atoms with Crippen LogP contribution in [0.3, 0.4) is 0 Å². The molecule has 0 aliphatic carbocycles. The third kappa shape index (κ3) is 5.93. The van der Waals surface area contributed by atoms with Crippen LogP contribution in [0.5, 0.6) is 0 Å². The van der Waals surface area contributed by atoms with Crippen molar-refractivity contribution in [3.63, 3.8) is 0 Å². The Balaban J connectivity index is 2.48. The fourth-order valence-corrected chi connectivity index (χ4v) is 2.46. The molecular weight excluding hydrogens is 328 g/mol. The van der Waals surface area contributed by atoms with Gasteiger partial charge in [-0.05, 0) is 43.5 Å². The van der Waals surface area contributed by atoms with Gasteiger partial charge in [-0.25, -0.2) is 0 Å². The number of anilines is 1. The van der Waals surface area contributed by atoms with Gasteiger partial charge in [0.25, 0.3) is 0 Å². The van der Waals surface area contributed by atoms with Crippen LogP contribution in [0, 0.1) is 5.92 Å². The Kier molecular flexibility index (Phi) is 7.42. The van der Waals surface area contributed by atoms with Gasteiger partial charge in [-0.1, -0.05) is 40.9 Å². The molecule has 1 unspecified atom stereocenters. The molecule has 1 atom stereocenters. The zero-order valence-corrected chi connectivity index (χ0v) is 13.4. The minimum absolute atomic E-state index is 0.00419. The molecule has 5 heteroatoms. The number of benzene rings is 1. The number of amides is 1. The highest BCUT2D eigenvalue weighted by molar-refractivity contribution is 9.10. The lowest BCUT2D eigenvalue weighted by atomic mass is 9.96. The van der Waals surface area contributed by atoms with Crippen molar-refractivity contribution in [3.05, 3.63) is 27.7 Å². The monoisotopic (exact) mass is 346 g/mol. The van der Waals surface area contributed by atoms with Crippen LogP contribution in [0.25, 0.3) is 0 Å². The van der Waals surface area contributed by atoms with Crippen LogP contribution in [0.15, 0.2) is 22.7 Å². The largest absolute Gasteiger partial charge is 0.330 e. The number of rotatable bonds is 7. The van der Waals surface area contributed by atoms with Gasteiger partial charge in [-0.2, -0.15) is 0 Å². The lowest BCUT2D eigenvalue weighted by Crippen LogP contribution is -2.15. The quantitative estimate of drug-likeness (QED) is 0.777. The average Bonchev–Trinajstić information content (AvgIpc) is 2.39. The van der Waals surface area contributed by atoms with Crippen LogP contribution in [0.1, 0.15) is 32.6 Å². The van der Waals surface area contributed by atoms with Crippen molar-refractivity contribution >= 4 is 39.1 Å². The summed E-state index contributed by atoms with van der Waals surface area (Å²) in [6, 6.07) is 5.40. The van der Waals surface area contributed by atoms with Crippen molar-refractivity contribution in [3.8, 4) is 0 Å². The minimum atomic E-state index is -0.00419. The van der Waals surface area contributed by atoms with Gasteiger partial charge in [-0.15, -0.1) is 0 Å². The van der Waals surface area contributed by atoms with Crippen LogP contribution < -0.4 is 11.1 Å². The van der Waals surface area contributed by atoms with Crippen molar-refractivity contribution < 1.29 is 4.79 Å². The molecule has 1 amide bonds. The van der Waals surface area contributed by atoms with Gasteiger partial charge in [0.05, 0.1) is 10.7 Å². The predicted molar refractivity (Wildman–Crippen MR) is 84.5 cm³/mol. The summed E-state index contributed by atoms with van der Waals surface area (Å²) >= 11 is 9.38. The Labute approximate surface area is 128 Å². The van der Waals surface area contributed by atoms with E-state index in [0.29, 0.717) is 29.6 Å². The van der Waals surface area contributed by atoms with Crippen LogP contribution in [0.2, 0.25) is 5.02 Å². The van der Waals surface area contributed by atoms with Gasteiger partial charge >= 0.3 is 0 Å². The topological polar surface area (TPSA) is 55.1 Å². The number of hydrogen-bond donors (Lipinski definition) is 2. The molecule has 106 valence electrons. The molecule has 3 N–H and O–H groups in total. The standard InChI is InChI=1S/C14H20BrClN2O/c1-2-10(7-8-17)3-6-14(19)18-13-9-11(15)4-5-12(13)16/h4-5,9-10H,2-3,6-8,17H2,1H3,(H,18,19). The first-order valence-corrected chi connectivity index (χ1v) is 7.68. The molecule has 0 heterocycles. The van der Waals surface area contributed by atoms with E-state index in [-0.39, 0.29) is 5.91 Å². The van der Waals surface area contributed by atoms with Crippen LogP contribution in [-0.4, -0.2) is 12.5 Å². The number of halogens is 2. The van der Waals surface area contributed by atoms with Crippen LogP contribution in [0.4, 0.5) is 5.69 Å². The van der Waals surface area contributed by atoms with E-state index in [4.69, 9.17) is 17.3 Å². The molecular formula is C14H20BrClN2O. The number of nitrogens with one attached hydrogen (secondary N) is 1. The number of carbonyl (C=O) groups is 1. The molecule has 3 nitrogen and oxygen atoms in total. The van der Waals surface area contributed by atoms with Gasteiger partial charge < -0.3 is 11.1 Å². The third-order valence-electron chi connectivity index (χ3n) is 3.13. The van der Waals surface area contributed by atoms with Crippen molar-refractivity contribution in [2.75, 3.05) is 11.9 Å². The molecule has 0 aromatic heterocycles. The third-order valence-corrected chi connectivity index (χ3v) is 3.96. The van der Waals surface area contributed by atoms with E-state index in [1.165, 1.54) is 0 Å². The smallest absolute Gasteiger partial charge is 0.224 e. The van der Waals surface area contributed by atoms with Gasteiger partial charge in [-0.3, -0.25) is 4.79 Å². The molecule has 0 saturated carbocycles. The first-order valence-electron chi connectivity index (χ1n) is 6.51. The normalized spacial score (nSPS) is 12.2. The summed E-state index contributed by atoms with van der Waals surface area (Å²) in [5, 5.41) is 3.39. The molecule has 1 rings (SSSR count). The van der Waals surface area contributed by atoms with E-state index in [2.05, 4.69) is 28.2 Å². The Morgan fingerprint density at radius 1 is 1.47 bits per heavy atom. The first-order chi connectivity index (χ1) is 9.06. The summed E-state index contributed by atoms with van der Waals surface area (Å²) in [6.07, 6.45) is 3.40. The van der Waals surface area contributed by atoms with Crippen molar-refractivity contribution in [2.24, 2.45) is 11.7 Å². The van der Waals surface area contributed by atoms with E-state index < -0.39 is 0 Å². The maximum Gasteiger partial charge on any atom is 0.224 e. The van der Waals surface area contributed by atoms with E-state index in [1.807, 2.05) is 6.07 Å². The Bertz CT molecular complexity index is 426. The van der Waals surface area contributed by atoms with Crippen molar-refractivity contribution in [2.45, 2.75) is 32.6 Å². The molecule has 0 aliphatic heterocycles. The highest BCUT2D eigenvalue weighted by Gasteiger charge is 2.10. The SMILES string of the molecule is CCC(CCN)CCC(=O)Nc1cc(Br)ccc1Cl. The number of nitrogens with two attached hydrogens (primary N) is 1. The second kappa shape index (κ2) is 8.56. The number of hydrogen-bond acceptors (Lipinski definition) is 2. The molecule has 0 bridgehead atoms. The van der Waals surface area contributed by atoms with E-state index in [9.17, 15) is 4.79 Å². The summed E-state index contributed by atoms with van der Waals surface area (Å²) in [5.41, 5.74) is 6.19. The zero-order chi connectivity index (χ0) is 14.3. The van der Waals surface area contributed by atoms with Gasteiger partial charge in [0.1, 0.15) is 0 Å².